The Bertz CT molecular complexity index is 706. The Morgan fingerprint density at radius 2 is 1.91 bits per heavy atom. The van der Waals surface area contributed by atoms with Gasteiger partial charge in [0.1, 0.15) is 17.2 Å². The molecule has 1 N–H and O–H groups in total. The number of amides is 1. The summed E-state index contributed by atoms with van der Waals surface area (Å²) >= 11 is 0. The second kappa shape index (κ2) is 5.76. The van der Waals surface area contributed by atoms with Gasteiger partial charge in [0.2, 0.25) is 0 Å². The number of hydrogen-bond donors (Lipinski definition) is 1. The quantitative estimate of drug-likeness (QED) is 0.849. The summed E-state index contributed by atoms with van der Waals surface area (Å²) in [7, 11) is 0. The number of nitrogens with one attached hydrogen (secondary N) is 1. The third kappa shape index (κ3) is 2.73. The Hall–Kier alpha value is -2.24. The summed E-state index contributed by atoms with van der Waals surface area (Å²) < 4.78 is 32.5. The summed E-state index contributed by atoms with van der Waals surface area (Å²) in [6.45, 7) is 1.53. The lowest BCUT2D eigenvalue weighted by Crippen LogP contribution is -2.39. The summed E-state index contributed by atoms with van der Waals surface area (Å²) in [6, 6.07) is 2.83. The molecule has 1 aromatic rings. The number of ether oxygens (including phenoxy) is 1. The first kappa shape index (κ1) is 15.6. The van der Waals surface area contributed by atoms with E-state index >= 15 is 0 Å². The van der Waals surface area contributed by atoms with Gasteiger partial charge in [-0.1, -0.05) is 6.42 Å². The van der Waals surface area contributed by atoms with E-state index in [1.807, 2.05) is 0 Å². The van der Waals surface area contributed by atoms with Gasteiger partial charge in [0, 0.05) is 11.6 Å². The van der Waals surface area contributed by atoms with E-state index in [4.69, 9.17) is 4.74 Å². The third-order valence-electron chi connectivity index (χ3n) is 4.49. The van der Waals surface area contributed by atoms with Crippen LogP contribution in [0.25, 0.3) is 0 Å². The van der Waals surface area contributed by atoms with Gasteiger partial charge < -0.3 is 10.1 Å². The summed E-state index contributed by atoms with van der Waals surface area (Å²) in [6.07, 6.45) is 3.87. The van der Waals surface area contributed by atoms with Crippen molar-refractivity contribution in [2.75, 3.05) is 5.32 Å². The largest absolute Gasteiger partial charge is 0.451 e. The minimum absolute atomic E-state index is 0.237. The zero-order valence-electron chi connectivity index (χ0n) is 12.7. The van der Waals surface area contributed by atoms with Crippen LogP contribution in [0.15, 0.2) is 29.3 Å². The fourth-order valence-electron chi connectivity index (χ4n) is 3.38. The van der Waals surface area contributed by atoms with Crippen LogP contribution in [0.5, 0.6) is 0 Å². The molecule has 0 atom stereocenters. The van der Waals surface area contributed by atoms with E-state index in [0.29, 0.717) is 12.8 Å². The van der Waals surface area contributed by atoms with E-state index in [-0.39, 0.29) is 16.8 Å². The second-order valence-electron chi connectivity index (χ2n) is 6.02. The van der Waals surface area contributed by atoms with Crippen molar-refractivity contribution >= 4 is 17.6 Å². The predicted octanol–water partition coefficient (Wildman–Crippen LogP) is 3.48. The van der Waals surface area contributed by atoms with Gasteiger partial charge in [-0.3, -0.25) is 4.79 Å². The highest BCUT2D eigenvalue weighted by Gasteiger charge is 2.49. The molecule has 3 rings (SSSR count). The fraction of sp³-hybridized carbons (Fsp3) is 0.412. The first-order valence-electron chi connectivity index (χ1n) is 7.64. The van der Waals surface area contributed by atoms with Crippen molar-refractivity contribution in [3.05, 3.63) is 41.0 Å². The van der Waals surface area contributed by atoms with Gasteiger partial charge in [0.25, 0.3) is 5.91 Å². The molecule has 1 saturated carbocycles. The van der Waals surface area contributed by atoms with Gasteiger partial charge in [-0.05, 0) is 44.7 Å². The highest BCUT2D eigenvalue weighted by atomic mass is 19.1. The number of rotatable bonds is 2. The lowest BCUT2D eigenvalue weighted by molar-refractivity contribution is -0.149. The van der Waals surface area contributed by atoms with Crippen molar-refractivity contribution in [2.45, 2.75) is 44.6 Å². The number of hydrogen-bond acceptors (Lipinski definition) is 3. The molecule has 23 heavy (non-hydrogen) atoms. The molecule has 1 aliphatic heterocycles. The standard InChI is InChI=1S/C17H17F2NO3/c1-10-14(17(23-16(10)22)7-3-2-4-8-17)15(21)20-13-9-11(18)5-6-12(13)19/h5-6,9H,2-4,7-8H2,1H3,(H,20,21). The molecule has 1 spiro atoms. The van der Waals surface area contributed by atoms with E-state index in [2.05, 4.69) is 5.32 Å². The van der Waals surface area contributed by atoms with Crippen LogP contribution < -0.4 is 5.32 Å². The van der Waals surface area contributed by atoms with Crippen LogP contribution in [0, 0.1) is 11.6 Å². The molecule has 1 fully saturated rings. The molecule has 0 saturated heterocycles. The van der Waals surface area contributed by atoms with E-state index < -0.39 is 29.1 Å². The van der Waals surface area contributed by atoms with E-state index in [1.54, 1.807) is 0 Å². The Morgan fingerprint density at radius 3 is 2.61 bits per heavy atom. The number of esters is 1. The molecule has 0 radical (unpaired) electrons. The topological polar surface area (TPSA) is 55.4 Å². The van der Waals surface area contributed by atoms with Gasteiger partial charge in [0.05, 0.1) is 11.3 Å². The van der Waals surface area contributed by atoms with Gasteiger partial charge in [0.15, 0.2) is 0 Å². The number of halogens is 2. The molecule has 1 aromatic carbocycles. The van der Waals surface area contributed by atoms with E-state index in [9.17, 15) is 18.4 Å². The van der Waals surface area contributed by atoms with Crippen LogP contribution >= 0.6 is 0 Å². The van der Waals surface area contributed by atoms with E-state index in [1.165, 1.54) is 6.92 Å². The molecule has 0 aromatic heterocycles. The maximum absolute atomic E-state index is 13.7. The lowest BCUT2D eigenvalue weighted by atomic mass is 9.78. The third-order valence-corrected chi connectivity index (χ3v) is 4.49. The molecule has 1 heterocycles. The van der Waals surface area contributed by atoms with Gasteiger partial charge in [-0.25, -0.2) is 13.6 Å². The van der Waals surface area contributed by atoms with Gasteiger partial charge in [-0.2, -0.15) is 0 Å². The normalized spacial score (nSPS) is 19.9. The number of carbonyl (C=O) groups excluding carboxylic acids is 2. The Labute approximate surface area is 132 Å². The van der Waals surface area contributed by atoms with Crippen LogP contribution in [-0.4, -0.2) is 17.5 Å². The molecule has 1 amide bonds. The summed E-state index contributed by atoms with van der Waals surface area (Å²) in [5.41, 5.74) is -0.694. The van der Waals surface area contributed by atoms with Crippen molar-refractivity contribution in [1.29, 1.82) is 0 Å². The minimum Gasteiger partial charge on any atom is -0.451 e. The Balaban J connectivity index is 1.93. The summed E-state index contributed by atoms with van der Waals surface area (Å²) in [4.78, 5) is 24.6. The predicted molar refractivity (Wildman–Crippen MR) is 79.6 cm³/mol. The lowest BCUT2D eigenvalue weighted by Gasteiger charge is -2.34. The smallest absolute Gasteiger partial charge is 0.335 e. The molecule has 122 valence electrons. The SMILES string of the molecule is CC1=C(C(=O)Nc2cc(F)ccc2F)C2(CCCCC2)OC1=O. The van der Waals surface area contributed by atoms with Crippen molar-refractivity contribution < 1.29 is 23.1 Å². The second-order valence-corrected chi connectivity index (χ2v) is 6.02. The molecule has 1 aliphatic carbocycles. The minimum atomic E-state index is -0.923. The molecule has 4 nitrogen and oxygen atoms in total. The Kier molecular flexibility index (Phi) is 3.92. The van der Waals surface area contributed by atoms with Gasteiger partial charge in [-0.15, -0.1) is 0 Å². The van der Waals surface area contributed by atoms with Crippen LogP contribution in [0.4, 0.5) is 14.5 Å². The number of anilines is 1. The van der Waals surface area contributed by atoms with Gasteiger partial charge >= 0.3 is 5.97 Å². The fourth-order valence-corrected chi connectivity index (χ4v) is 3.38. The molecule has 0 unspecified atom stereocenters. The molecular formula is C17H17F2NO3. The summed E-state index contributed by atoms with van der Waals surface area (Å²) in [5, 5.41) is 2.37. The van der Waals surface area contributed by atoms with Crippen LogP contribution in [0.1, 0.15) is 39.0 Å². The van der Waals surface area contributed by atoms with Crippen LogP contribution in [0.2, 0.25) is 0 Å². The maximum Gasteiger partial charge on any atom is 0.335 e. The van der Waals surface area contributed by atoms with Crippen LogP contribution in [0.3, 0.4) is 0 Å². The zero-order valence-corrected chi connectivity index (χ0v) is 12.7. The Morgan fingerprint density at radius 1 is 1.22 bits per heavy atom. The first-order valence-corrected chi connectivity index (χ1v) is 7.64. The summed E-state index contributed by atoms with van der Waals surface area (Å²) in [5.74, 6) is -2.52. The number of carbonyl (C=O) groups is 2. The molecule has 2 aliphatic rings. The zero-order chi connectivity index (χ0) is 16.6. The highest BCUT2D eigenvalue weighted by Crippen LogP contribution is 2.44. The average Bonchev–Trinajstić information content (AvgIpc) is 2.74. The monoisotopic (exact) mass is 321 g/mol. The van der Waals surface area contributed by atoms with E-state index in [0.717, 1.165) is 37.5 Å². The highest BCUT2D eigenvalue weighted by molar-refractivity contribution is 6.12. The van der Waals surface area contributed by atoms with Crippen molar-refractivity contribution in [2.24, 2.45) is 0 Å². The maximum atomic E-state index is 13.7. The van der Waals surface area contributed by atoms with Crippen molar-refractivity contribution in [3.8, 4) is 0 Å². The van der Waals surface area contributed by atoms with Crippen molar-refractivity contribution in [3.63, 3.8) is 0 Å². The molecule has 0 bridgehead atoms. The molecule has 6 heteroatoms. The average molecular weight is 321 g/mol. The molecular weight excluding hydrogens is 304 g/mol. The number of benzene rings is 1. The van der Waals surface area contributed by atoms with Crippen LogP contribution in [-0.2, 0) is 14.3 Å². The van der Waals surface area contributed by atoms with Crippen molar-refractivity contribution in [1.82, 2.24) is 0 Å². The first-order chi connectivity index (χ1) is 10.9.